The molecule has 2 aromatic rings. The number of fused-ring (bicyclic) bond motifs is 1. The lowest BCUT2D eigenvalue weighted by molar-refractivity contribution is -0.139. The fourth-order valence-electron chi connectivity index (χ4n) is 3.07. The second kappa shape index (κ2) is 6.26. The van der Waals surface area contributed by atoms with E-state index in [0.717, 1.165) is 15.7 Å². The van der Waals surface area contributed by atoms with Crippen molar-refractivity contribution in [3.63, 3.8) is 0 Å². The van der Waals surface area contributed by atoms with Crippen molar-refractivity contribution in [2.24, 2.45) is 0 Å². The fourth-order valence-corrected chi connectivity index (χ4v) is 3.42. The first kappa shape index (κ1) is 18.2. The fraction of sp³-hybridized carbons (Fsp3) is 0.438. The lowest BCUT2D eigenvalue weighted by Gasteiger charge is -2.32. The smallest absolute Gasteiger partial charge is 0.337 e. The summed E-state index contributed by atoms with van der Waals surface area (Å²) in [5.74, 6) is -3.64. The first-order valence-electron chi connectivity index (χ1n) is 7.58. The minimum Gasteiger partial charge on any atom is -0.337 e. The second-order valence-corrected chi connectivity index (χ2v) is 7.05. The van der Waals surface area contributed by atoms with Crippen LogP contribution in [0.5, 0.6) is 0 Å². The third-order valence-electron chi connectivity index (χ3n) is 4.10. The molecule has 0 spiro atoms. The zero-order chi connectivity index (χ0) is 18.4. The van der Waals surface area contributed by atoms with E-state index in [4.69, 9.17) is 0 Å². The predicted molar refractivity (Wildman–Crippen MR) is 85.8 cm³/mol. The molecule has 0 saturated carbocycles. The highest BCUT2D eigenvalue weighted by Crippen LogP contribution is 2.31. The Morgan fingerprint density at radius 3 is 2.64 bits per heavy atom. The molecular weight excluding hydrogens is 411 g/mol. The average Bonchev–Trinajstić information content (AvgIpc) is 2.81. The predicted octanol–water partition coefficient (Wildman–Crippen LogP) is 4.84. The van der Waals surface area contributed by atoms with Gasteiger partial charge in [0.25, 0.3) is 11.8 Å². The maximum atomic E-state index is 13.6. The molecule has 0 unspecified atom stereocenters. The van der Waals surface area contributed by atoms with Gasteiger partial charge < -0.3 is 9.47 Å². The van der Waals surface area contributed by atoms with Crippen molar-refractivity contribution >= 4 is 32.7 Å². The maximum Gasteiger partial charge on any atom is 0.406 e. The van der Waals surface area contributed by atoms with Crippen molar-refractivity contribution < 1.29 is 26.7 Å². The van der Waals surface area contributed by atoms with E-state index in [0.29, 0.717) is 9.86 Å². The summed E-state index contributed by atoms with van der Waals surface area (Å²) in [6.07, 6.45) is -3.50. The van der Waals surface area contributed by atoms with Crippen LogP contribution in [0.1, 0.15) is 23.2 Å². The molecule has 1 saturated heterocycles. The Labute approximate surface area is 148 Å². The van der Waals surface area contributed by atoms with E-state index in [9.17, 15) is 26.7 Å². The highest BCUT2D eigenvalue weighted by Gasteiger charge is 2.38. The van der Waals surface area contributed by atoms with Crippen LogP contribution in [0.15, 0.2) is 28.9 Å². The van der Waals surface area contributed by atoms with Crippen molar-refractivity contribution in [1.29, 1.82) is 0 Å². The van der Waals surface area contributed by atoms with Crippen LogP contribution in [0.3, 0.4) is 0 Å². The normalized spacial score (nSPS) is 17.9. The number of piperidine rings is 1. The third-order valence-corrected chi connectivity index (χ3v) is 4.60. The van der Waals surface area contributed by atoms with Gasteiger partial charge in [0, 0.05) is 29.0 Å². The summed E-state index contributed by atoms with van der Waals surface area (Å²) in [4.78, 5) is 13.7. The zero-order valence-corrected chi connectivity index (χ0v) is 14.5. The molecule has 3 nitrogen and oxygen atoms in total. The first-order valence-corrected chi connectivity index (χ1v) is 8.37. The summed E-state index contributed by atoms with van der Waals surface area (Å²) < 4.78 is 67.1. The lowest BCUT2D eigenvalue weighted by atomic mass is 10.1. The molecule has 9 heteroatoms. The van der Waals surface area contributed by atoms with Crippen LogP contribution in [-0.2, 0) is 6.54 Å². The van der Waals surface area contributed by atoms with E-state index in [-0.39, 0.29) is 30.5 Å². The Kier molecular flexibility index (Phi) is 4.55. The number of alkyl halides is 5. The number of rotatable bonds is 2. The standard InChI is InChI=1S/C16H14BrF5N2O/c17-10-2-3-11-12(7-24(13(11)6-10)9-16(20,21)22)14(25)23-5-1-4-15(18,19)8-23/h2-3,6-7H,1,4-5,8-9H2. The summed E-state index contributed by atoms with van der Waals surface area (Å²) in [6, 6.07) is 4.59. The number of aromatic nitrogens is 1. The third kappa shape index (κ3) is 3.96. The van der Waals surface area contributed by atoms with Gasteiger partial charge in [-0.05, 0) is 18.6 Å². The molecule has 1 aliphatic rings. The first-order chi connectivity index (χ1) is 11.6. The van der Waals surface area contributed by atoms with Crippen molar-refractivity contribution in [2.45, 2.75) is 31.5 Å². The van der Waals surface area contributed by atoms with Crippen LogP contribution in [0.25, 0.3) is 10.9 Å². The number of carbonyl (C=O) groups is 1. The van der Waals surface area contributed by atoms with Gasteiger partial charge in [-0.25, -0.2) is 8.78 Å². The van der Waals surface area contributed by atoms with Gasteiger partial charge in [-0.1, -0.05) is 22.0 Å². The molecule has 0 bridgehead atoms. The van der Waals surface area contributed by atoms with Gasteiger partial charge in [-0.2, -0.15) is 13.2 Å². The molecule has 0 atom stereocenters. The molecule has 2 heterocycles. The number of nitrogens with zero attached hydrogens (tertiary/aromatic N) is 2. The Morgan fingerprint density at radius 1 is 1.28 bits per heavy atom. The molecule has 25 heavy (non-hydrogen) atoms. The summed E-state index contributed by atoms with van der Waals surface area (Å²) in [5.41, 5.74) is 0.225. The van der Waals surface area contributed by atoms with E-state index in [1.54, 1.807) is 6.07 Å². The molecule has 1 amide bonds. The average molecular weight is 425 g/mol. The molecule has 0 aliphatic carbocycles. The maximum absolute atomic E-state index is 13.6. The molecule has 1 aliphatic heterocycles. The zero-order valence-electron chi connectivity index (χ0n) is 12.9. The molecule has 1 aromatic heterocycles. The molecule has 1 aromatic carbocycles. The topological polar surface area (TPSA) is 25.2 Å². The number of benzene rings is 1. The molecule has 1 fully saturated rings. The van der Waals surface area contributed by atoms with Crippen molar-refractivity contribution in [1.82, 2.24) is 9.47 Å². The van der Waals surface area contributed by atoms with Crippen LogP contribution >= 0.6 is 15.9 Å². The lowest BCUT2D eigenvalue weighted by Crippen LogP contribution is -2.45. The van der Waals surface area contributed by atoms with Gasteiger partial charge >= 0.3 is 6.18 Å². The summed E-state index contributed by atoms with van der Waals surface area (Å²) in [6.45, 7) is -1.81. The molecule has 0 radical (unpaired) electrons. The van der Waals surface area contributed by atoms with Gasteiger partial charge in [0.05, 0.1) is 17.6 Å². The van der Waals surface area contributed by atoms with Gasteiger partial charge in [-0.15, -0.1) is 0 Å². The van der Waals surface area contributed by atoms with Crippen LogP contribution in [-0.4, -0.2) is 40.6 Å². The van der Waals surface area contributed by atoms with E-state index in [2.05, 4.69) is 15.9 Å². The largest absolute Gasteiger partial charge is 0.406 e. The number of halogens is 6. The minimum atomic E-state index is -4.47. The van der Waals surface area contributed by atoms with Crippen LogP contribution in [0, 0.1) is 0 Å². The van der Waals surface area contributed by atoms with E-state index in [1.165, 1.54) is 12.1 Å². The Bertz CT molecular complexity index is 815. The quantitative estimate of drug-likeness (QED) is 0.633. The van der Waals surface area contributed by atoms with E-state index < -0.39 is 31.1 Å². The van der Waals surface area contributed by atoms with Gasteiger partial charge in [0.1, 0.15) is 6.54 Å². The SMILES string of the molecule is O=C(c1cn(CC(F)(F)F)c2cc(Br)ccc12)N1CCCC(F)(F)C1. The number of amides is 1. The molecule has 0 N–H and O–H groups in total. The Morgan fingerprint density at radius 2 is 2.00 bits per heavy atom. The number of hydrogen-bond acceptors (Lipinski definition) is 1. The number of hydrogen-bond donors (Lipinski definition) is 0. The second-order valence-electron chi connectivity index (χ2n) is 6.13. The minimum absolute atomic E-state index is 0.00412. The van der Waals surface area contributed by atoms with Crippen molar-refractivity contribution in [3.8, 4) is 0 Å². The summed E-state index contributed by atoms with van der Waals surface area (Å²) in [5, 5.41) is 0.311. The van der Waals surface area contributed by atoms with Crippen LogP contribution in [0.2, 0.25) is 0 Å². The van der Waals surface area contributed by atoms with Crippen molar-refractivity contribution in [2.75, 3.05) is 13.1 Å². The van der Waals surface area contributed by atoms with Gasteiger partial charge in [0.15, 0.2) is 0 Å². The van der Waals surface area contributed by atoms with Crippen LogP contribution < -0.4 is 0 Å². The Hall–Kier alpha value is -1.64. The monoisotopic (exact) mass is 424 g/mol. The highest BCUT2D eigenvalue weighted by atomic mass is 79.9. The summed E-state index contributed by atoms with van der Waals surface area (Å²) >= 11 is 3.19. The van der Waals surface area contributed by atoms with Gasteiger partial charge in [0.2, 0.25) is 0 Å². The van der Waals surface area contributed by atoms with Crippen molar-refractivity contribution in [3.05, 3.63) is 34.4 Å². The highest BCUT2D eigenvalue weighted by molar-refractivity contribution is 9.10. The Balaban J connectivity index is 2.02. The van der Waals surface area contributed by atoms with Crippen LogP contribution in [0.4, 0.5) is 22.0 Å². The molecule has 136 valence electrons. The number of carbonyl (C=O) groups excluding carboxylic acids is 1. The van der Waals surface area contributed by atoms with Gasteiger partial charge in [-0.3, -0.25) is 4.79 Å². The van der Waals surface area contributed by atoms with E-state index >= 15 is 0 Å². The summed E-state index contributed by atoms with van der Waals surface area (Å²) in [7, 11) is 0. The number of likely N-dealkylation sites (tertiary alicyclic amines) is 1. The molecule has 3 rings (SSSR count). The van der Waals surface area contributed by atoms with E-state index in [1.807, 2.05) is 0 Å². The molecular formula is C16H14BrF5N2O.